The normalized spacial score (nSPS) is 21.4. The maximum absolute atomic E-state index is 12.9. The molecule has 1 N–H and O–H groups in total. The molecule has 1 heterocycles. The lowest BCUT2D eigenvalue weighted by molar-refractivity contribution is -0.146. The Morgan fingerprint density at radius 1 is 1.07 bits per heavy atom. The predicted octanol–water partition coefficient (Wildman–Crippen LogP) is 6.65. The zero-order valence-corrected chi connectivity index (χ0v) is 22.0. The van der Waals surface area contributed by atoms with Crippen LogP contribution in [0.15, 0.2) is 47.0 Å². The lowest BCUT2D eigenvalue weighted by Gasteiger charge is -2.36. The molecule has 0 atom stereocenters. The fraction of sp³-hybridized carbons (Fsp3) is 0.433. The molecule has 0 saturated heterocycles. The number of aliphatic carboxylic acids is 1. The van der Waals surface area contributed by atoms with E-state index in [1.807, 2.05) is 18.2 Å². The van der Waals surface area contributed by atoms with Crippen molar-refractivity contribution in [1.82, 2.24) is 10.1 Å². The molecule has 3 aromatic rings. The van der Waals surface area contributed by atoms with Gasteiger partial charge >= 0.3 is 12.1 Å². The number of hydrogen-bond acceptors (Lipinski definition) is 6. The van der Waals surface area contributed by atoms with Crippen molar-refractivity contribution in [3.05, 3.63) is 59.4 Å². The average Bonchev–Trinajstić information content (AvgIpc) is 3.65. The van der Waals surface area contributed by atoms with Crippen molar-refractivity contribution in [3.63, 3.8) is 0 Å². The number of benzene rings is 2. The molecule has 2 saturated carbocycles. The molecule has 1 aromatic heterocycles. The zero-order chi connectivity index (χ0) is 28.3. The van der Waals surface area contributed by atoms with Gasteiger partial charge in [-0.1, -0.05) is 29.1 Å². The first-order valence-corrected chi connectivity index (χ1v) is 13.3. The fourth-order valence-electron chi connectivity index (χ4n) is 5.47. The van der Waals surface area contributed by atoms with Crippen molar-refractivity contribution >= 4 is 5.97 Å². The summed E-state index contributed by atoms with van der Waals surface area (Å²) in [4.78, 5) is 15.1. The maximum atomic E-state index is 12.9. The largest absolute Gasteiger partial charge is 0.493 e. The second-order valence-electron chi connectivity index (χ2n) is 10.3. The Morgan fingerprint density at radius 3 is 2.48 bits per heavy atom. The van der Waals surface area contributed by atoms with E-state index < -0.39 is 29.3 Å². The second-order valence-corrected chi connectivity index (χ2v) is 10.3. The number of rotatable bonds is 6. The summed E-state index contributed by atoms with van der Waals surface area (Å²) in [6.07, 6.45) is 1.64. The van der Waals surface area contributed by atoms with Gasteiger partial charge in [0, 0.05) is 11.1 Å². The molecule has 5 rings (SSSR count). The van der Waals surface area contributed by atoms with Gasteiger partial charge in [-0.15, -0.1) is 0 Å². The molecular formula is C30H29F3N2O5. The van der Waals surface area contributed by atoms with E-state index in [0.29, 0.717) is 48.3 Å². The molecule has 210 valence electrons. The minimum absolute atomic E-state index is 0.124. The number of halogens is 3. The third-order valence-corrected chi connectivity index (χ3v) is 7.74. The van der Waals surface area contributed by atoms with Crippen LogP contribution in [-0.4, -0.2) is 34.4 Å². The highest BCUT2D eigenvalue weighted by atomic mass is 19.4. The second kappa shape index (κ2) is 11.2. The van der Waals surface area contributed by atoms with Crippen LogP contribution in [0, 0.1) is 17.8 Å². The third-order valence-electron chi connectivity index (χ3n) is 7.74. The van der Waals surface area contributed by atoms with E-state index in [1.54, 1.807) is 31.4 Å². The van der Waals surface area contributed by atoms with Crippen LogP contribution in [0.5, 0.6) is 11.5 Å². The molecule has 0 spiro atoms. The Morgan fingerprint density at radius 2 is 1.82 bits per heavy atom. The van der Waals surface area contributed by atoms with E-state index >= 15 is 0 Å². The summed E-state index contributed by atoms with van der Waals surface area (Å²) in [5.74, 6) is 5.02. The van der Waals surface area contributed by atoms with Crippen LogP contribution in [0.2, 0.25) is 0 Å². The third kappa shape index (κ3) is 5.93. The number of hydrogen-bond donors (Lipinski definition) is 1. The minimum Gasteiger partial charge on any atom is -0.493 e. The van der Waals surface area contributed by atoms with Crippen molar-refractivity contribution in [2.45, 2.75) is 69.1 Å². The Kier molecular flexibility index (Phi) is 7.74. The monoisotopic (exact) mass is 554 g/mol. The van der Waals surface area contributed by atoms with Crippen molar-refractivity contribution in [2.75, 3.05) is 7.11 Å². The number of aromatic nitrogens is 2. The van der Waals surface area contributed by atoms with Gasteiger partial charge in [0.05, 0.1) is 24.5 Å². The summed E-state index contributed by atoms with van der Waals surface area (Å²) in [5.41, 5.74) is 1.14. The van der Waals surface area contributed by atoms with E-state index in [4.69, 9.17) is 14.0 Å². The number of carboxylic acids is 1. The van der Waals surface area contributed by atoms with Crippen LogP contribution in [0.3, 0.4) is 0 Å². The number of alkyl halides is 3. The molecule has 2 aliphatic rings. The highest BCUT2D eigenvalue weighted by Crippen LogP contribution is 2.44. The summed E-state index contributed by atoms with van der Waals surface area (Å²) < 4.78 is 55.5. The van der Waals surface area contributed by atoms with Crippen LogP contribution < -0.4 is 9.47 Å². The van der Waals surface area contributed by atoms with E-state index in [-0.39, 0.29) is 12.0 Å². The molecule has 0 radical (unpaired) electrons. The predicted molar refractivity (Wildman–Crippen MR) is 139 cm³/mol. The van der Waals surface area contributed by atoms with Gasteiger partial charge in [0.2, 0.25) is 0 Å². The zero-order valence-electron chi connectivity index (χ0n) is 22.0. The van der Waals surface area contributed by atoms with Crippen LogP contribution in [-0.2, 0) is 16.4 Å². The SMILES string of the molecule is COc1ccc(C2(C#Cc3cccc(-c4nc(C(F)(F)F)no4)c3)CCC(C(=O)O)CC2)cc1OC1CCCC1. The Bertz CT molecular complexity index is 1420. The summed E-state index contributed by atoms with van der Waals surface area (Å²) in [5, 5.41) is 12.6. The molecule has 7 nitrogen and oxygen atoms in total. The molecule has 2 aromatic carbocycles. The Balaban J connectivity index is 1.49. The number of ether oxygens (including phenoxy) is 2. The summed E-state index contributed by atoms with van der Waals surface area (Å²) in [6, 6.07) is 12.3. The van der Waals surface area contributed by atoms with E-state index in [9.17, 15) is 23.1 Å². The van der Waals surface area contributed by atoms with E-state index in [0.717, 1.165) is 31.2 Å². The van der Waals surface area contributed by atoms with Gasteiger partial charge in [-0.2, -0.15) is 18.2 Å². The van der Waals surface area contributed by atoms with Crippen LogP contribution in [0.4, 0.5) is 13.2 Å². The average molecular weight is 555 g/mol. The van der Waals surface area contributed by atoms with Crippen LogP contribution >= 0.6 is 0 Å². The first-order valence-electron chi connectivity index (χ1n) is 13.3. The van der Waals surface area contributed by atoms with Crippen molar-refractivity contribution in [2.24, 2.45) is 5.92 Å². The number of carboxylic acid groups (broad SMARTS) is 1. The minimum atomic E-state index is -4.71. The summed E-state index contributed by atoms with van der Waals surface area (Å²) >= 11 is 0. The number of carbonyl (C=O) groups is 1. The van der Waals surface area contributed by atoms with E-state index in [2.05, 4.69) is 22.0 Å². The first-order chi connectivity index (χ1) is 19.2. The number of methoxy groups -OCH3 is 1. The van der Waals surface area contributed by atoms with Gasteiger partial charge < -0.3 is 19.1 Å². The molecule has 2 fully saturated rings. The Labute approximate surface area is 229 Å². The van der Waals surface area contributed by atoms with Gasteiger partial charge in [0.15, 0.2) is 11.5 Å². The van der Waals surface area contributed by atoms with Gasteiger partial charge in [-0.3, -0.25) is 4.79 Å². The molecule has 0 amide bonds. The van der Waals surface area contributed by atoms with Gasteiger partial charge in [0.1, 0.15) is 0 Å². The maximum Gasteiger partial charge on any atom is 0.455 e. The van der Waals surface area contributed by atoms with Crippen LogP contribution in [0.1, 0.15) is 68.3 Å². The highest BCUT2D eigenvalue weighted by molar-refractivity contribution is 5.70. The van der Waals surface area contributed by atoms with Gasteiger partial charge in [-0.05, 0) is 87.3 Å². The quantitative estimate of drug-likeness (QED) is 0.341. The topological polar surface area (TPSA) is 94.7 Å². The Hall–Kier alpha value is -4.00. The summed E-state index contributed by atoms with van der Waals surface area (Å²) in [7, 11) is 1.60. The van der Waals surface area contributed by atoms with Gasteiger partial charge in [-0.25, -0.2) is 0 Å². The van der Waals surface area contributed by atoms with Crippen molar-refractivity contribution in [3.8, 4) is 34.8 Å². The fourth-order valence-corrected chi connectivity index (χ4v) is 5.47. The first kappa shape index (κ1) is 27.6. The lowest BCUT2D eigenvalue weighted by atomic mass is 9.67. The summed E-state index contributed by atoms with van der Waals surface area (Å²) in [6.45, 7) is 0. The molecule has 0 unspecified atom stereocenters. The smallest absolute Gasteiger partial charge is 0.455 e. The molecule has 2 aliphatic carbocycles. The molecule has 0 bridgehead atoms. The number of nitrogens with zero attached hydrogens (tertiary/aromatic N) is 2. The standard InChI is InChI=1S/C30H29F3N2O5/c1-38-24-10-9-22(18-25(24)39-23-7-2-3-8-23)29(15-12-20(13-16-29)27(36)37)14-11-19-5-4-6-21(17-19)26-34-28(35-40-26)30(31,32)33/h4-6,9-10,17-18,20,23H,2-3,7-8,12-13,15-16H2,1H3,(H,36,37). The van der Waals surface area contributed by atoms with E-state index in [1.165, 1.54) is 0 Å². The van der Waals surface area contributed by atoms with Crippen LogP contribution in [0.25, 0.3) is 11.5 Å². The molecule has 10 heteroatoms. The molecule has 0 aliphatic heterocycles. The van der Waals surface area contributed by atoms with Crippen molar-refractivity contribution in [1.29, 1.82) is 0 Å². The van der Waals surface area contributed by atoms with Crippen molar-refractivity contribution < 1.29 is 37.1 Å². The molecule has 40 heavy (non-hydrogen) atoms. The highest BCUT2D eigenvalue weighted by Gasteiger charge is 2.39. The van der Waals surface area contributed by atoms with Gasteiger partial charge in [0.25, 0.3) is 11.7 Å². The lowest BCUT2D eigenvalue weighted by Crippen LogP contribution is -2.33. The molecular weight excluding hydrogens is 525 g/mol.